The van der Waals surface area contributed by atoms with Crippen molar-refractivity contribution in [3.05, 3.63) is 129 Å². The van der Waals surface area contributed by atoms with Gasteiger partial charge in [0.2, 0.25) is 11.8 Å². The highest BCUT2D eigenvalue weighted by Crippen LogP contribution is 2.28. The molecule has 0 aliphatic heterocycles. The maximum Gasteiger partial charge on any atom is 0.264 e. The average molecular weight is 699 g/mol. The molecule has 4 aromatic carbocycles. The SMILES string of the molecule is O=C(NC1CCCC1)[C@H](Cc1ccccc1)N(Cc1ccc(Cl)cc1)C(=O)CN(c1cccc(Cl)c1)S(=O)(=O)c1ccc(Cl)cc1. The molecular weight excluding hydrogens is 665 g/mol. The molecule has 7 nitrogen and oxygen atoms in total. The fourth-order valence-electron chi connectivity index (χ4n) is 5.60. The minimum absolute atomic E-state index is 0.0199. The number of rotatable bonds is 12. The largest absolute Gasteiger partial charge is 0.352 e. The second-order valence-electron chi connectivity index (χ2n) is 11.3. The Hall–Kier alpha value is -3.56. The van der Waals surface area contributed by atoms with Crippen LogP contribution in [0.1, 0.15) is 36.8 Å². The van der Waals surface area contributed by atoms with E-state index in [0.29, 0.717) is 15.1 Å². The lowest BCUT2D eigenvalue weighted by Crippen LogP contribution is -2.54. The van der Waals surface area contributed by atoms with Crippen LogP contribution in [-0.4, -0.2) is 43.8 Å². The summed E-state index contributed by atoms with van der Waals surface area (Å²) >= 11 is 18.5. The maximum absolute atomic E-state index is 14.5. The van der Waals surface area contributed by atoms with Crippen LogP contribution in [0, 0.1) is 0 Å². The van der Waals surface area contributed by atoms with Crippen LogP contribution in [0.4, 0.5) is 5.69 Å². The van der Waals surface area contributed by atoms with Crippen molar-refractivity contribution in [1.29, 1.82) is 0 Å². The number of nitrogens with one attached hydrogen (secondary N) is 1. The molecule has 240 valence electrons. The number of carbonyl (C=O) groups excluding carboxylic acids is 2. The van der Waals surface area contributed by atoms with Gasteiger partial charge in [0.15, 0.2) is 0 Å². The van der Waals surface area contributed by atoms with E-state index < -0.39 is 28.5 Å². The number of anilines is 1. The van der Waals surface area contributed by atoms with Gasteiger partial charge in [0, 0.05) is 34.1 Å². The monoisotopic (exact) mass is 697 g/mol. The lowest BCUT2D eigenvalue weighted by molar-refractivity contribution is -0.140. The van der Waals surface area contributed by atoms with Crippen molar-refractivity contribution >= 4 is 62.3 Å². The zero-order valence-corrected chi connectivity index (χ0v) is 28.1. The highest BCUT2D eigenvalue weighted by atomic mass is 35.5. The van der Waals surface area contributed by atoms with Crippen LogP contribution in [-0.2, 0) is 32.6 Å². The number of hydrogen-bond acceptors (Lipinski definition) is 4. The Labute approximate surface area is 285 Å². The normalized spacial score (nSPS) is 14.1. The summed E-state index contributed by atoms with van der Waals surface area (Å²) in [6.45, 7) is -0.531. The van der Waals surface area contributed by atoms with Crippen LogP contribution in [0.2, 0.25) is 15.1 Å². The summed E-state index contributed by atoms with van der Waals surface area (Å²) in [5.41, 5.74) is 1.81. The molecule has 0 aromatic heterocycles. The van der Waals surface area contributed by atoms with Gasteiger partial charge in [-0.1, -0.05) is 96.2 Å². The summed E-state index contributed by atoms with van der Waals surface area (Å²) < 4.78 is 29.2. The Kier molecular flexibility index (Phi) is 11.3. The molecular formula is C35H34Cl3N3O4S. The van der Waals surface area contributed by atoms with Crippen LogP contribution in [0.15, 0.2) is 108 Å². The van der Waals surface area contributed by atoms with Gasteiger partial charge < -0.3 is 10.2 Å². The van der Waals surface area contributed by atoms with E-state index in [1.54, 1.807) is 42.5 Å². The number of amides is 2. The van der Waals surface area contributed by atoms with Crippen molar-refractivity contribution in [3.63, 3.8) is 0 Å². The molecule has 2 amide bonds. The Balaban J connectivity index is 1.56. The predicted octanol–water partition coefficient (Wildman–Crippen LogP) is 7.54. The van der Waals surface area contributed by atoms with Gasteiger partial charge in [0.25, 0.3) is 10.0 Å². The molecule has 4 aromatic rings. The average Bonchev–Trinajstić information content (AvgIpc) is 3.56. The van der Waals surface area contributed by atoms with Crippen LogP contribution in [0.3, 0.4) is 0 Å². The minimum Gasteiger partial charge on any atom is -0.352 e. The summed E-state index contributed by atoms with van der Waals surface area (Å²) in [6.07, 6.45) is 4.03. The van der Waals surface area contributed by atoms with E-state index >= 15 is 0 Å². The number of hydrogen-bond donors (Lipinski definition) is 1. The van der Waals surface area contributed by atoms with Gasteiger partial charge in [-0.25, -0.2) is 8.42 Å². The van der Waals surface area contributed by atoms with Gasteiger partial charge in [-0.2, -0.15) is 0 Å². The first-order chi connectivity index (χ1) is 22.1. The van der Waals surface area contributed by atoms with Crippen molar-refractivity contribution in [2.45, 2.75) is 55.6 Å². The number of halogens is 3. The highest BCUT2D eigenvalue weighted by Gasteiger charge is 2.35. The van der Waals surface area contributed by atoms with Crippen LogP contribution >= 0.6 is 34.8 Å². The summed E-state index contributed by atoms with van der Waals surface area (Å²) in [5.74, 6) is -0.845. The van der Waals surface area contributed by atoms with Gasteiger partial charge >= 0.3 is 0 Å². The Morgan fingerprint density at radius 1 is 0.761 bits per heavy atom. The fourth-order valence-corrected chi connectivity index (χ4v) is 7.44. The molecule has 0 heterocycles. The highest BCUT2D eigenvalue weighted by molar-refractivity contribution is 7.92. The number of sulfonamides is 1. The zero-order valence-electron chi connectivity index (χ0n) is 25.0. The number of carbonyl (C=O) groups is 2. The summed E-state index contributed by atoms with van der Waals surface area (Å²) in [4.78, 5) is 30.0. The first-order valence-electron chi connectivity index (χ1n) is 15.0. The quantitative estimate of drug-likeness (QED) is 0.166. The van der Waals surface area contributed by atoms with Gasteiger partial charge in [-0.15, -0.1) is 0 Å². The molecule has 1 saturated carbocycles. The van der Waals surface area contributed by atoms with Crippen LogP contribution in [0.5, 0.6) is 0 Å². The van der Waals surface area contributed by atoms with E-state index in [4.69, 9.17) is 34.8 Å². The number of nitrogens with zero attached hydrogens (tertiary/aromatic N) is 2. The summed E-state index contributed by atoms with van der Waals surface area (Å²) in [5, 5.41) is 4.37. The Morgan fingerprint density at radius 3 is 2.02 bits per heavy atom. The second-order valence-corrected chi connectivity index (χ2v) is 14.5. The third-order valence-electron chi connectivity index (χ3n) is 8.02. The smallest absolute Gasteiger partial charge is 0.264 e. The van der Waals surface area contributed by atoms with E-state index in [2.05, 4.69) is 5.32 Å². The standard InChI is InChI=1S/C35H34Cl3N3O4S/c36-27-15-13-26(14-16-27)23-40(33(21-25-7-2-1-3-8-25)35(43)39-30-10-4-5-11-30)34(42)24-41(31-12-6-9-29(38)22-31)46(44,45)32-19-17-28(37)18-20-32/h1-3,6-9,12-20,22,30,33H,4-5,10-11,21,23-24H2,(H,39,43)/t33-/m0/s1. The van der Waals surface area contributed by atoms with E-state index in [9.17, 15) is 18.0 Å². The molecule has 1 N–H and O–H groups in total. The molecule has 0 radical (unpaired) electrons. The van der Waals surface area contributed by atoms with Gasteiger partial charge in [0.05, 0.1) is 10.6 Å². The summed E-state index contributed by atoms with van der Waals surface area (Å²) in [7, 11) is -4.27. The molecule has 46 heavy (non-hydrogen) atoms. The summed E-state index contributed by atoms with van der Waals surface area (Å²) in [6, 6.07) is 27.6. The molecule has 0 bridgehead atoms. The van der Waals surface area contributed by atoms with Crippen molar-refractivity contribution in [2.75, 3.05) is 10.8 Å². The Bertz CT molecular complexity index is 1750. The fraction of sp³-hybridized carbons (Fsp3) is 0.257. The predicted molar refractivity (Wildman–Crippen MR) is 184 cm³/mol. The number of benzene rings is 4. The Morgan fingerprint density at radius 2 is 1.39 bits per heavy atom. The van der Waals surface area contributed by atoms with E-state index in [-0.39, 0.29) is 35.5 Å². The maximum atomic E-state index is 14.5. The van der Waals surface area contributed by atoms with E-state index in [1.165, 1.54) is 35.2 Å². The molecule has 11 heteroatoms. The van der Waals surface area contributed by atoms with E-state index in [1.807, 2.05) is 30.3 Å². The second kappa shape index (κ2) is 15.4. The van der Waals surface area contributed by atoms with Gasteiger partial charge in [-0.05, 0) is 78.6 Å². The first kappa shape index (κ1) is 33.8. The third kappa shape index (κ3) is 8.62. The first-order valence-corrected chi connectivity index (χ1v) is 17.6. The van der Waals surface area contributed by atoms with E-state index in [0.717, 1.165) is 41.1 Å². The molecule has 1 aliphatic rings. The third-order valence-corrected chi connectivity index (χ3v) is 10.5. The molecule has 0 spiro atoms. The van der Waals surface area contributed by atoms with Crippen molar-refractivity contribution in [2.24, 2.45) is 0 Å². The lowest BCUT2D eigenvalue weighted by atomic mass is 10.0. The van der Waals surface area contributed by atoms with Crippen molar-refractivity contribution in [1.82, 2.24) is 10.2 Å². The topological polar surface area (TPSA) is 86.8 Å². The molecule has 1 fully saturated rings. The van der Waals surface area contributed by atoms with Gasteiger partial charge in [-0.3, -0.25) is 13.9 Å². The molecule has 0 unspecified atom stereocenters. The zero-order chi connectivity index (χ0) is 32.7. The van der Waals surface area contributed by atoms with Crippen LogP contribution < -0.4 is 9.62 Å². The molecule has 1 atom stereocenters. The molecule has 5 rings (SSSR count). The molecule has 1 aliphatic carbocycles. The molecule has 0 saturated heterocycles. The van der Waals surface area contributed by atoms with Crippen molar-refractivity contribution < 1.29 is 18.0 Å². The minimum atomic E-state index is -4.27. The lowest BCUT2D eigenvalue weighted by Gasteiger charge is -2.34. The van der Waals surface area contributed by atoms with Crippen molar-refractivity contribution in [3.8, 4) is 0 Å². The van der Waals surface area contributed by atoms with Gasteiger partial charge in [0.1, 0.15) is 12.6 Å². The van der Waals surface area contributed by atoms with Crippen LogP contribution in [0.25, 0.3) is 0 Å².